The molecule has 0 fully saturated rings. The van der Waals surface area contributed by atoms with Crippen LogP contribution in [0.5, 0.6) is 0 Å². The van der Waals surface area contributed by atoms with Gasteiger partial charge >= 0.3 is 0 Å². The number of carbonyl (C=O) groups is 3. The molecule has 0 radical (unpaired) electrons. The molecule has 136 valence electrons. The monoisotopic (exact) mass is 353 g/mol. The topological polar surface area (TPSA) is 78.5 Å². The summed E-state index contributed by atoms with van der Waals surface area (Å²) in [6.45, 7) is 3.24. The maximum absolute atomic E-state index is 12.2. The predicted octanol–water partition coefficient (Wildman–Crippen LogP) is 2.36. The van der Waals surface area contributed by atoms with Crippen molar-refractivity contribution >= 4 is 29.1 Å². The highest BCUT2D eigenvalue weighted by molar-refractivity contribution is 5.98. The first-order chi connectivity index (χ1) is 12.5. The number of benzene rings is 2. The largest absolute Gasteiger partial charge is 0.354 e. The van der Waals surface area contributed by atoms with E-state index in [2.05, 4.69) is 10.6 Å². The van der Waals surface area contributed by atoms with Crippen LogP contribution in [-0.4, -0.2) is 30.8 Å². The van der Waals surface area contributed by atoms with Gasteiger partial charge in [0.1, 0.15) is 6.54 Å². The maximum atomic E-state index is 12.2. The third kappa shape index (κ3) is 6.05. The van der Waals surface area contributed by atoms with Crippen molar-refractivity contribution in [3.05, 3.63) is 60.2 Å². The lowest BCUT2D eigenvalue weighted by atomic mass is 10.1. The zero-order chi connectivity index (χ0) is 18.9. The summed E-state index contributed by atoms with van der Waals surface area (Å²) in [6, 6.07) is 16.7. The third-order valence-corrected chi connectivity index (χ3v) is 3.74. The first-order valence-electron chi connectivity index (χ1n) is 8.42. The number of rotatable bonds is 7. The Labute approximate surface area is 153 Å². The quantitative estimate of drug-likeness (QED) is 0.802. The molecule has 2 rings (SSSR count). The van der Waals surface area contributed by atoms with Crippen molar-refractivity contribution < 1.29 is 14.4 Å². The summed E-state index contributed by atoms with van der Waals surface area (Å²) >= 11 is 0. The first-order valence-corrected chi connectivity index (χ1v) is 8.42. The third-order valence-electron chi connectivity index (χ3n) is 3.74. The Hall–Kier alpha value is -3.15. The Morgan fingerprint density at radius 2 is 1.69 bits per heavy atom. The number of nitrogens with one attached hydrogen (secondary N) is 2. The molecule has 0 aliphatic heterocycles. The number of nitrogens with zero attached hydrogens (tertiary/aromatic N) is 1. The highest BCUT2D eigenvalue weighted by Gasteiger charge is 2.16. The van der Waals surface area contributed by atoms with Crippen LogP contribution in [0.1, 0.15) is 19.4 Å². The van der Waals surface area contributed by atoms with Gasteiger partial charge in [0.2, 0.25) is 17.7 Å². The van der Waals surface area contributed by atoms with Gasteiger partial charge in [0.15, 0.2) is 0 Å². The van der Waals surface area contributed by atoms with Crippen LogP contribution >= 0.6 is 0 Å². The van der Waals surface area contributed by atoms with Gasteiger partial charge in [-0.25, -0.2) is 0 Å². The fourth-order valence-electron chi connectivity index (χ4n) is 2.53. The Bertz CT molecular complexity index is 775. The lowest BCUT2D eigenvalue weighted by molar-refractivity contribution is -0.123. The number of carbonyl (C=O) groups excluding carboxylic acids is 3. The van der Waals surface area contributed by atoms with Crippen molar-refractivity contribution in [3.8, 4) is 0 Å². The van der Waals surface area contributed by atoms with Gasteiger partial charge < -0.3 is 15.5 Å². The molecule has 0 unspecified atom stereocenters. The van der Waals surface area contributed by atoms with Crippen molar-refractivity contribution in [2.24, 2.45) is 0 Å². The van der Waals surface area contributed by atoms with Crippen molar-refractivity contribution in [2.45, 2.75) is 20.3 Å². The zero-order valence-corrected chi connectivity index (χ0v) is 15.0. The minimum Gasteiger partial charge on any atom is -0.354 e. The number of anilines is 2. The summed E-state index contributed by atoms with van der Waals surface area (Å²) in [5.74, 6) is -0.681. The van der Waals surface area contributed by atoms with Gasteiger partial charge in [-0.2, -0.15) is 0 Å². The van der Waals surface area contributed by atoms with Crippen molar-refractivity contribution in [2.75, 3.05) is 23.3 Å². The Morgan fingerprint density at radius 3 is 2.35 bits per heavy atom. The van der Waals surface area contributed by atoms with E-state index in [-0.39, 0.29) is 24.3 Å². The second kappa shape index (κ2) is 9.36. The Balaban J connectivity index is 1.96. The lowest BCUT2D eigenvalue weighted by Crippen LogP contribution is -2.40. The summed E-state index contributed by atoms with van der Waals surface area (Å²) < 4.78 is 0. The van der Waals surface area contributed by atoms with E-state index in [0.29, 0.717) is 17.9 Å². The summed E-state index contributed by atoms with van der Waals surface area (Å²) in [6.07, 6.45) is 0.727. The fraction of sp³-hybridized carbons (Fsp3) is 0.250. The smallest absolute Gasteiger partial charge is 0.240 e. The predicted molar refractivity (Wildman–Crippen MR) is 102 cm³/mol. The Kier molecular flexibility index (Phi) is 6.91. The molecule has 0 atom stereocenters. The maximum Gasteiger partial charge on any atom is 0.240 e. The molecule has 0 spiro atoms. The van der Waals surface area contributed by atoms with Crippen LogP contribution < -0.4 is 15.5 Å². The molecule has 6 nitrogen and oxygen atoms in total. The van der Waals surface area contributed by atoms with Crippen LogP contribution in [0.3, 0.4) is 0 Å². The number of hydrogen-bond acceptors (Lipinski definition) is 3. The van der Waals surface area contributed by atoms with Gasteiger partial charge in [0.05, 0.1) is 0 Å². The molecule has 0 aromatic heterocycles. The molecular weight excluding hydrogens is 330 g/mol. The van der Waals surface area contributed by atoms with Crippen LogP contribution in [0.25, 0.3) is 0 Å². The van der Waals surface area contributed by atoms with E-state index in [1.807, 2.05) is 30.3 Å². The van der Waals surface area contributed by atoms with Crippen LogP contribution in [0.15, 0.2) is 54.6 Å². The summed E-state index contributed by atoms with van der Waals surface area (Å²) in [5.41, 5.74) is 2.27. The van der Waals surface area contributed by atoms with Crippen LogP contribution in [-0.2, 0) is 20.8 Å². The molecule has 0 bridgehead atoms. The normalized spacial score (nSPS) is 10.1. The fourth-order valence-corrected chi connectivity index (χ4v) is 2.53. The van der Waals surface area contributed by atoms with E-state index in [4.69, 9.17) is 0 Å². The average molecular weight is 353 g/mol. The van der Waals surface area contributed by atoms with Crippen LogP contribution in [0.2, 0.25) is 0 Å². The molecule has 0 heterocycles. The van der Waals surface area contributed by atoms with Crippen molar-refractivity contribution in [3.63, 3.8) is 0 Å². The Morgan fingerprint density at radius 1 is 0.962 bits per heavy atom. The standard InChI is InChI=1S/C20H23N3O3/c1-15(24)22-18-9-6-10-19(13-18)23(16(2)25)14-20(26)21-12-11-17-7-4-3-5-8-17/h3-10,13H,11-12,14H2,1-2H3,(H,21,26)(H,22,24). The zero-order valence-electron chi connectivity index (χ0n) is 15.0. The van der Waals surface area contributed by atoms with E-state index in [9.17, 15) is 14.4 Å². The molecule has 0 aliphatic rings. The molecular formula is C20H23N3O3. The van der Waals surface area contributed by atoms with Gasteiger partial charge in [0, 0.05) is 31.8 Å². The molecule has 0 saturated carbocycles. The SMILES string of the molecule is CC(=O)Nc1cccc(N(CC(=O)NCCc2ccccc2)C(C)=O)c1. The molecule has 2 aromatic rings. The molecule has 3 amide bonds. The summed E-state index contributed by atoms with van der Waals surface area (Å²) in [7, 11) is 0. The molecule has 2 aromatic carbocycles. The minimum atomic E-state index is -0.247. The molecule has 2 N–H and O–H groups in total. The highest BCUT2D eigenvalue weighted by atomic mass is 16.2. The molecule has 6 heteroatoms. The lowest BCUT2D eigenvalue weighted by Gasteiger charge is -2.21. The van der Waals surface area contributed by atoms with E-state index >= 15 is 0 Å². The van der Waals surface area contributed by atoms with Gasteiger partial charge in [-0.15, -0.1) is 0 Å². The summed E-state index contributed by atoms with van der Waals surface area (Å²) in [4.78, 5) is 36.7. The van der Waals surface area contributed by atoms with E-state index in [0.717, 1.165) is 12.0 Å². The minimum absolute atomic E-state index is 0.0757. The van der Waals surface area contributed by atoms with Crippen molar-refractivity contribution in [1.82, 2.24) is 5.32 Å². The van der Waals surface area contributed by atoms with Gasteiger partial charge in [-0.3, -0.25) is 14.4 Å². The molecule has 26 heavy (non-hydrogen) atoms. The molecule has 0 aliphatic carbocycles. The van der Waals surface area contributed by atoms with Gasteiger partial charge in [-0.1, -0.05) is 36.4 Å². The second-order valence-corrected chi connectivity index (χ2v) is 5.92. The van der Waals surface area contributed by atoms with E-state index < -0.39 is 0 Å². The number of amides is 3. The number of hydrogen-bond donors (Lipinski definition) is 2. The van der Waals surface area contributed by atoms with Crippen LogP contribution in [0.4, 0.5) is 11.4 Å². The van der Waals surface area contributed by atoms with Gasteiger partial charge in [-0.05, 0) is 30.2 Å². The highest BCUT2D eigenvalue weighted by Crippen LogP contribution is 2.19. The first kappa shape index (κ1) is 19.2. The van der Waals surface area contributed by atoms with Crippen molar-refractivity contribution in [1.29, 1.82) is 0 Å². The second-order valence-electron chi connectivity index (χ2n) is 5.92. The van der Waals surface area contributed by atoms with Crippen LogP contribution in [0, 0.1) is 0 Å². The average Bonchev–Trinajstić information content (AvgIpc) is 2.60. The van der Waals surface area contributed by atoms with Gasteiger partial charge in [0.25, 0.3) is 0 Å². The summed E-state index contributed by atoms with van der Waals surface area (Å²) in [5, 5.41) is 5.50. The molecule has 0 saturated heterocycles. The van der Waals surface area contributed by atoms with E-state index in [1.54, 1.807) is 24.3 Å². The van der Waals surface area contributed by atoms with E-state index in [1.165, 1.54) is 18.7 Å².